The Morgan fingerprint density at radius 1 is 1.11 bits per heavy atom. The van der Waals surface area contributed by atoms with Crippen LogP contribution in [0.2, 0.25) is 0 Å². The van der Waals surface area contributed by atoms with Crippen LogP contribution in [0, 0.1) is 0 Å². The molecule has 2 heterocycles. The highest BCUT2D eigenvalue weighted by Gasteiger charge is 2.10. The largest absolute Gasteiger partial charge is 0.260 e. The van der Waals surface area contributed by atoms with Crippen LogP contribution in [0.15, 0.2) is 54.1 Å². The van der Waals surface area contributed by atoms with Crippen molar-refractivity contribution in [3.8, 4) is 11.4 Å². The molecule has 0 spiro atoms. The molecule has 0 aliphatic carbocycles. The Kier molecular flexibility index (Phi) is 3.91. The van der Waals surface area contributed by atoms with Crippen molar-refractivity contribution in [3.63, 3.8) is 0 Å². The van der Waals surface area contributed by atoms with E-state index in [2.05, 4.69) is 19.9 Å². The quantitative estimate of drug-likeness (QED) is 0.772. The maximum atomic E-state index is 4.35. The Morgan fingerprint density at radius 3 is 2.67 bits per heavy atom. The van der Waals surface area contributed by atoms with Gasteiger partial charge in [0.1, 0.15) is 11.4 Å². The fourth-order valence-corrected chi connectivity index (χ4v) is 1.54. The highest BCUT2D eigenvalue weighted by molar-refractivity contribution is 6.01. The lowest BCUT2D eigenvalue weighted by molar-refractivity contribution is 1.15. The molecule has 0 aromatic carbocycles. The van der Waals surface area contributed by atoms with E-state index in [0.717, 1.165) is 22.8 Å². The van der Waals surface area contributed by atoms with Crippen molar-refractivity contribution < 1.29 is 0 Å². The molecule has 0 saturated carbocycles. The molecule has 0 aliphatic rings. The number of pyridine rings is 1. The average Bonchev–Trinajstić information content (AvgIpc) is 2.45. The zero-order valence-corrected chi connectivity index (χ0v) is 10.4. The average molecular weight is 238 g/mol. The standard InChI is InChI=1S/C14H14N4/c1-3-7-15-11(2)13-14(18-10-9-17-13)12-6-4-5-8-16-12/h3-10H,1-2H3/b7-3-,15-11?. The molecule has 4 heteroatoms. The number of aromatic nitrogens is 3. The van der Waals surface area contributed by atoms with E-state index in [1.54, 1.807) is 24.8 Å². The second kappa shape index (κ2) is 5.82. The zero-order chi connectivity index (χ0) is 12.8. The van der Waals surface area contributed by atoms with Crippen LogP contribution in [0.25, 0.3) is 11.4 Å². The van der Waals surface area contributed by atoms with Crippen LogP contribution < -0.4 is 0 Å². The molecule has 2 aromatic rings. The van der Waals surface area contributed by atoms with Gasteiger partial charge in [0.2, 0.25) is 0 Å². The van der Waals surface area contributed by atoms with Crippen LogP contribution in [0.3, 0.4) is 0 Å². The molecule has 0 saturated heterocycles. The van der Waals surface area contributed by atoms with Crippen LogP contribution in [0.5, 0.6) is 0 Å². The monoisotopic (exact) mass is 238 g/mol. The number of nitrogens with zero attached hydrogens (tertiary/aromatic N) is 4. The third-order valence-corrected chi connectivity index (χ3v) is 2.37. The van der Waals surface area contributed by atoms with Gasteiger partial charge in [-0.15, -0.1) is 0 Å². The second-order valence-electron chi connectivity index (χ2n) is 3.67. The van der Waals surface area contributed by atoms with Gasteiger partial charge in [-0.05, 0) is 26.0 Å². The van der Waals surface area contributed by atoms with Crippen molar-refractivity contribution in [2.45, 2.75) is 13.8 Å². The molecular formula is C14H14N4. The summed E-state index contributed by atoms with van der Waals surface area (Å²) < 4.78 is 0. The summed E-state index contributed by atoms with van der Waals surface area (Å²) in [7, 11) is 0. The van der Waals surface area contributed by atoms with E-state index in [9.17, 15) is 0 Å². The third kappa shape index (κ3) is 2.66. The molecule has 0 bridgehead atoms. The summed E-state index contributed by atoms with van der Waals surface area (Å²) in [4.78, 5) is 17.3. The summed E-state index contributed by atoms with van der Waals surface area (Å²) in [6, 6.07) is 5.72. The minimum atomic E-state index is 0.754. The van der Waals surface area contributed by atoms with E-state index in [0.29, 0.717) is 0 Å². The summed E-state index contributed by atoms with van der Waals surface area (Å²) in [6.45, 7) is 3.84. The number of rotatable bonds is 3. The van der Waals surface area contributed by atoms with E-state index in [1.807, 2.05) is 38.1 Å². The summed E-state index contributed by atoms with van der Waals surface area (Å²) in [6.07, 6.45) is 8.69. The SMILES string of the molecule is C/C=C\N=C(C)c1nccnc1-c1ccccn1. The highest BCUT2D eigenvalue weighted by atomic mass is 14.9. The van der Waals surface area contributed by atoms with Crippen molar-refractivity contribution >= 4 is 5.71 Å². The first-order chi connectivity index (χ1) is 8.83. The summed E-state index contributed by atoms with van der Waals surface area (Å²) >= 11 is 0. The maximum absolute atomic E-state index is 4.35. The molecule has 0 fully saturated rings. The lowest BCUT2D eigenvalue weighted by Gasteiger charge is -2.05. The van der Waals surface area contributed by atoms with Gasteiger partial charge in [0.25, 0.3) is 0 Å². The predicted octanol–water partition coefficient (Wildman–Crippen LogP) is 2.88. The van der Waals surface area contributed by atoms with Crippen LogP contribution in [0.4, 0.5) is 0 Å². The second-order valence-corrected chi connectivity index (χ2v) is 3.67. The first kappa shape index (κ1) is 12.1. The van der Waals surface area contributed by atoms with Crippen LogP contribution in [0.1, 0.15) is 19.5 Å². The zero-order valence-electron chi connectivity index (χ0n) is 10.4. The molecule has 18 heavy (non-hydrogen) atoms. The van der Waals surface area contributed by atoms with Crippen LogP contribution in [-0.4, -0.2) is 20.7 Å². The molecule has 0 N–H and O–H groups in total. The van der Waals surface area contributed by atoms with Crippen LogP contribution >= 0.6 is 0 Å². The van der Waals surface area contributed by atoms with Gasteiger partial charge in [0, 0.05) is 24.8 Å². The van der Waals surface area contributed by atoms with E-state index in [-0.39, 0.29) is 0 Å². The van der Waals surface area contributed by atoms with E-state index >= 15 is 0 Å². The Hall–Kier alpha value is -2.36. The Balaban J connectivity index is 2.50. The highest BCUT2D eigenvalue weighted by Crippen LogP contribution is 2.17. The number of hydrogen-bond acceptors (Lipinski definition) is 4. The van der Waals surface area contributed by atoms with Crippen molar-refractivity contribution in [3.05, 3.63) is 54.8 Å². The minimum absolute atomic E-state index is 0.754. The van der Waals surface area contributed by atoms with Crippen molar-refractivity contribution in [2.75, 3.05) is 0 Å². The molecule has 0 amide bonds. The van der Waals surface area contributed by atoms with Gasteiger partial charge < -0.3 is 0 Å². The number of aliphatic imine (C=N–C) groups is 1. The molecule has 0 atom stereocenters. The Morgan fingerprint density at radius 2 is 1.94 bits per heavy atom. The fourth-order valence-electron chi connectivity index (χ4n) is 1.54. The molecule has 4 nitrogen and oxygen atoms in total. The minimum Gasteiger partial charge on any atom is -0.260 e. The molecule has 2 rings (SSSR count). The summed E-state index contributed by atoms with van der Waals surface area (Å²) in [5.41, 5.74) is 3.13. The molecule has 90 valence electrons. The van der Waals surface area contributed by atoms with Crippen molar-refractivity contribution in [1.82, 2.24) is 15.0 Å². The van der Waals surface area contributed by atoms with E-state index in [4.69, 9.17) is 0 Å². The van der Waals surface area contributed by atoms with E-state index in [1.165, 1.54) is 0 Å². The first-order valence-corrected chi connectivity index (χ1v) is 5.71. The van der Waals surface area contributed by atoms with Gasteiger partial charge in [0.05, 0.1) is 11.4 Å². The number of allylic oxidation sites excluding steroid dienone is 1. The van der Waals surface area contributed by atoms with Crippen LogP contribution in [-0.2, 0) is 0 Å². The van der Waals surface area contributed by atoms with Gasteiger partial charge in [0.15, 0.2) is 0 Å². The molecule has 0 radical (unpaired) electrons. The Bertz CT molecular complexity index is 573. The fraction of sp³-hybridized carbons (Fsp3) is 0.143. The molecule has 0 aliphatic heterocycles. The van der Waals surface area contributed by atoms with Crippen molar-refractivity contribution in [1.29, 1.82) is 0 Å². The smallest absolute Gasteiger partial charge is 0.116 e. The number of hydrogen-bond donors (Lipinski definition) is 0. The molecule has 0 unspecified atom stereocenters. The molecule has 2 aromatic heterocycles. The van der Waals surface area contributed by atoms with Gasteiger partial charge in [-0.2, -0.15) is 0 Å². The lowest BCUT2D eigenvalue weighted by atomic mass is 10.1. The lowest BCUT2D eigenvalue weighted by Crippen LogP contribution is -2.03. The van der Waals surface area contributed by atoms with Gasteiger partial charge >= 0.3 is 0 Å². The maximum Gasteiger partial charge on any atom is 0.116 e. The normalized spacial score (nSPS) is 12.0. The van der Waals surface area contributed by atoms with E-state index < -0.39 is 0 Å². The topological polar surface area (TPSA) is 51.0 Å². The van der Waals surface area contributed by atoms with Gasteiger partial charge in [-0.25, -0.2) is 0 Å². The van der Waals surface area contributed by atoms with Gasteiger partial charge in [-0.3, -0.25) is 19.9 Å². The summed E-state index contributed by atoms with van der Waals surface area (Å²) in [5, 5.41) is 0. The third-order valence-electron chi connectivity index (χ3n) is 2.37. The van der Waals surface area contributed by atoms with Crippen molar-refractivity contribution in [2.24, 2.45) is 4.99 Å². The predicted molar refractivity (Wildman–Crippen MR) is 72.3 cm³/mol. The summed E-state index contributed by atoms with van der Waals surface area (Å²) in [5.74, 6) is 0. The first-order valence-electron chi connectivity index (χ1n) is 5.71. The Labute approximate surface area is 106 Å². The van der Waals surface area contributed by atoms with Gasteiger partial charge in [-0.1, -0.05) is 12.1 Å². The molecular weight excluding hydrogens is 224 g/mol.